The van der Waals surface area contributed by atoms with Gasteiger partial charge in [0.25, 0.3) is 0 Å². The molecule has 90 valence electrons. The highest BCUT2D eigenvalue weighted by Gasteiger charge is 2.40. The molecule has 0 aliphatic carbocycles. The third kappa shape index (κ3) is 2.91. The largest absolute Gasteiger partial charge is 0.382 e. The summed E-state index contributed by atoms with van der Waals surface area (Å²) < 4.78 is 12.9. The molecule has 0 bridgehead atoms. The van der Waals surface area contributed by atoms with Crippen LogP contribution >= 0.6 is 17.7 Å². The standard InChI is InChI=1S/C12H19O2PS/c1-4-10-16-15(14,12(2,3)13)11-8-6-5-7-9-11/h5-9,13H,4,10H2,1-3H3. The quantitative estimate of drug-likeness (QED) is 0.822. The molecule has 0 spiro atoms. The van der Waals surface area contributed by atoms with Crippen molar-refractivity contribution in [1.82, 2.24) is 0 Å². The molecule has 0 radical (unpaired) electrons. The van der Waals surface area contributed by atoms with Gasteiger partial charge in [0.2, 0.25) is 0 Å². The van der Waals surface area contributed by atoms with Gasteiger partial charge in [-0.05, 0) is 20.3 Å². The van der Waals surface area contributed by atoms with Crippen LogP contribution in [0, 0.1) is 0 Å². The Balaban J connectivity index is 3.11. The van der Waals surface area contributed by atoms with Crippen molar-refractivity contribution in [3.8, 4) is 0 Å². The van der Waals surface area contributed by atoms with Crippen molar-refractivity contribution in [2.75, 3.05) is 5.75 Å². The van der Waals surface area contributed by atoms with E-state index in [1.165, 1.54) is 11.4 Å². The number of benzene rings is 1. The number of rotatable bonds is 5. The second-order valence-electron chi connectivity index (χ2n) is 4.21. The highest BCUT2D eigenvalue weighted by molar-refractivity contribution is 8.60. The Morgan fingerprint density at radius 2 is 1.88 bits per heavy atom. The fraction of sp³-hybridized carbons (Fsp3) is 0.500. The van der Waals surface area contributed by atoms with Gasteiger partial charge in [0, 0.05) is 11.1 Å². The van der Waals surface area contributed by atoms with E-state index in [9.17, 15) is 9.67 Å². The maximum absolute atomic E-state index is 12.9. The van der Waals surface area contributed by atoms with Crippen molar-refractivity contribution in [3.63, 3.8) is 0 Å². The first-order chi connectivity index (χ1) is 7.42. The smallest absolute Gasteiger partial charge is 0.196 e. The zero-order valence-corrected chi connectivity index (χ0v) is 11.7. The van der Waals surface area contributed by atoms with Crippen LogP contribution in [0.25, 0.3) is 0 Å². The van der Waals surface area contributed by atoms with E-state index in [0.29, 0.717) is 0 Å². The Bertz CT molecular complexity index is 370. The summed E-state index contributed by atoms with van der Waals surface area (Å²) in [7, 11) is 0. The Hall–Kier alpha value is -0.240. The lowest BCUT2D eigenvalue weighted by atomic mass is 10.4. The molecule has 1 aromatic rings. The summed E-state index contributed by atoms with van der Waals surface area (Å²) in [5, 5.41) is 9.71. The van der Waals surface area contributed by atoms with Gasteiger partial charge in [-0.2, -0.15) is 0 Å². The van der Waals surface area contributed by atoms with E-state index in [1.807, 2.05) is 37.3 Å². The van der Waals surface area contributed by atoms with E-state index in [4.69, 9.17) is 0 Å². The van der Waals surface area contributed by atoms with Crippen molar-refractivity contribution in [3.05, 3.63) is 30.3 Å². The molecule has 1 unspecified atom stereocenters. The molecule has 1 atom stereocenters. The lowest BCUT2D eigenvalue weighted by molar-refractivity contribution is 0.167. The van der Waals surface area contributed by atoms with Gasteiger partial charge < -0.3 is 9.67 Å². The van der Waals surface area contributed by atoms with Crippen LogP contribution in [0.3, 0.4) is 0 Å². The summed E-state index contributed by atoms with van der Waals surface area (Å²) >= 11 is 1.39. The van der Waals surface area contributed by atoms with E-state index in [-0.39, 0.29) is 0 Å². The van der Waals surface area contributed by atoms with Crippen LogP contribution in [0.1, 0.15) is 27.2 Å². The van der Waals surface area contributed by atoms with Crippen LogP contribution in [0.2, 0.25) is 0 Å². The van der Waals surface area contributed by atoms with E-state index in [2.05, 4.69) is 0 Å². The normalized spacial score (nSPS) is 15.8. The van der Waals surface area contributed by atoms with Crippen LogP contribution < -0.4 is 5.30 Å². The average Bonchev–Trinajstić information content (AvgIpc) is 2.25. The summed E-state index contributed by atoms with van der Waals surface area (Å²) in [4.78, 5) is 0. The Kier molecular flexibility index (Phi) is 4.66. The van der Waals surface area contributed by atoms with Gasteiger partial charge >= 0.3 is 0 Å². The first kappa shape index (κ1) is 13.8. The molecule has 1 aromatic carbocycles. The minimum Gasteiger partial charge on any atom is -0.382 e. The Labute approximate surface area is 102 Å². The summed E-state index contributed by atoms with van der Waals surface area (Å²) in [5.41, 5.74) is 0. The van der Waals surface area contributed by atoms with Crippen molar-refractivity contribution in [2.45, 2.75) is 32.5 Å². The predicted octanol–water partition coefficient (Wildman–Crippen LogP) is 3.46. The fourth-order valence-corrected chi connectivity index (χ4v) is 6.57. The number of aliphatic hydroxyl groups is 1. The number of hydrogen-bond acceptors (Lipinski definition) is 3. The van der Waals surface area contributed by atoms with E-state index < -0.39 is 11.7 Å². The van der Waals surface area contributed by atoms with Crippen LogP contribution in [-0.4, -0.2) is 16.2 Å². The highest BCUT2D eigenvalue weighted by atomic mass is 32.7. The summed E-state index contributed by atoms with van der Waals surface area (Å²) in [6, 6.07) is 9.28. The van der Waals surface area contributed by atoms with Gasteiger partial charge in [-0.3, -0.25) is 0 Å². The van der Waals surface area contributed by atoms with E-state index in [1.54, 1.807) is 13.8 Å². The van der Waals surface area contributed by atoms with Gasteiger partial charge in [-0.25, -0.2) is 0 Å². The highest BCUT2D eigenvalue weighted by Crippen LogP contribution is 2.65. The third-order valence-corrected chi connectivity index (χ3v) is 9.28. The molecule has 1 N–H and O–H groups in total. The second-order valence-corrected chi connectivity index (χ2v) is 9.91. The molecule has 0 saturated carbocycles. The van der Waals surface area contributed by atoms with Gasteiger partial charge in [0.1, 0.15) is 5.34 Å². The van der Waals surface area contributed by atoms with Crippen LogP contribution in [0.4, 0.5) is 0 Å². The van der Waals surface area contributed by atoms with Gasteiger partial charge in [0.05, 0.1) is 0 Å². The fourth-order valence-electron chi connectivity index (χ4n) is 1.39. The van der Waals surface area contributed by atoms with Gasteiger partial charge in [-0.1, -0.05) is 48.6 Å². The molecule has 2 nitrogen and oxygen atoms in total. The zero-order valence-electron chi connectivity index (χ0n) is 10.0. The van der Waals surface area contributed by atoms with Gasteiger partial charge in [-0.15, -0.1) is 0 Å². The summed E-state index contributed by atoms with van der Waals surface area (Å²) in [6.45, 7) is 5.31. The van der Waals surface area contributed by atoms with Crippen molar-refractivity contribution in [1.29, 1.82) is 0 Å². The van der Waals surface area contributed by atoms with E-state index in [0.717, 1.165) is 17.5 Å². The maximum atomic E-state index is 12.9. The Morgan fingerprint density at radius 1 is 1.31 bits per heavy atom. The van der Waals surface area contributed by atoms with Gasteiger partial charge in [0.15, 0.2) is 6.34 Å². The van der Waals surface area contributed by atoms with Crippen LogP contribution in [-0.2, 0) is 4.57 Å². The molecular weight excluding hydrogens is 239 g/mol. The lowest BCUT2D eigenvalue weighted by Crippen LogP contribution is -2.24. The second kappa shape index (κ2) is 5.39. The van der Waals surface area contributed by atoms with Crippen molar-refractivity contribution < 1.29 is 9.67 Å². The molecular formula is C12H19O2PS. The number of hydrogen-bond donors (Lipinski definition) is 1. The molecule has 4 heteroatoms. The first-order valence-electron chi connectivity index (χ1n) is 5.44. The summed E-state index contributed by atoms with van der Waals surface area (Å²) in [6.07, 6.45) is -1.84. The lowest BCUT2D eigenvalue weighted by Gasteiger charge is -2.29. The average molecular weight is 258 g/mol. The molecule has 0 aliphatic heterocycles. The molecule has 0 saturated heterocycles. The van der Waals surface area contributed by atoms with Crippen molar-refractivity contribution in [2.24, 2.45) is 0 Å². The molecule has 0 amide bonds. The zero-order chi connectivity index (χ0) is 12.2. The molecule has 0 aliphatic rings. The molecule has 16 heavy (non-hydrogen) atoms. The third-order valence-electron chi connectivity index (χ3n) is 2.29. The summed E-state index contributed by atoms with van der Waals surface area (Å²) in [5.74, 6) is 0.802. The molecule has 0 aromatic heterocycles. The maximum Gasteiger partial charge on any atom is 0.196 e. The van der Waals surface area contributed by atoms with Crippen LogP contribution in [0.5, 0.6) is 0 Å². The SMILES string of the molecule is CCCSP(=O)(c1ccccc1)C(C)(C)O. The van der Waals surface area contributed by atoms with Crippen LogP contribution in [0.15, 0.2) is 30.3 Å². The molecule has 0 heterocycles. The van der Waals surface area contributed by atoms with Crippen molar-refractivity contribution >= 4 is 23.0 Å². The molecule has 0 fully saturated rings. The molecule has 1 rings (SSSR count). The predicted molar refractivity (Wildman–Crippen MR) is 72.7 cm³/mol. The minimum atomic E-state index is -2.80. The minimum absolute atomic E-state index is 0.751. The Morgan fingerprint density at radius 3 is 2.31 bits per heavy atom. The topological polar surface area (TPSA) is 37.3 Å². The first-order valence-corrected chi connectivity index (χ1v) is 8.74. The monoisotopic (exact) mass is 258 g/mol. The van der Waals surface area contributed by atoms with E-state index >= 15 is 0 Å².